The molecule has 0 spiro atoms. The molecule has 30 heavy (non-hydrogen) atoms. The molecule has 1 atom stereocenters. The van der Waals surface area contributed by atoms with Crippen LogP contribution < -0.4 is 10.7 Å². The second kappa shape index (κ2) is 8.62. The summed E-state index contributed by atoms with van der Waals surface area (Å²) in [5.41, 5.74) is 3.23. The van der Waals surface area contributed by atoms with E-state index in [9.17, 15) is 9.59 Å². The molecule has 0 unspecified atom stereocenters. The van der Waals surface area contributed by atoms with E-state index >= 15 is 0 Å². The number of hydrogen-bond acceptors (Lipinski definition) is 4. The van der Waals surface area contributed by atoms with Crippen LogP contribution in [0.1, 0.15) is 46.1 Å². The zero-order chi connectivity index (χ0) is 21.3. The lowest BCUT2D eigenvalue weighted by Gasteiger charge is -2.28. The second-order valence-electron chi connectivity index (χ2n) is 7.90. The van der Waals surface area contributed by atoms with Crippen LogP contribution in [-0.4, -0.2) is 30.4 Å². The molecule has 1 aliphatic rings. The van der Waals surface area contributed by atoms with Crippen molar-refractivity contribution in [3.8, 4) is 0 Å². The van der Waals surface area contributed by atoms with E-state index < -0.39 is 5.91 Å². The van der Waals surface area contributed by atoms with E-state index in [4.69, 9.17) is 16.0 Å². The van der Waals surface area contributed by atoms with Crippen molar-refractivity contribution in [2.75, 3.05) is 19.6 Å². The number of halogens is 1. The Morgan fingerprint density at radius 1 is 1.13 bits per heavy atom. The molecule has 1 N–H and O–H groups in total. The van der Waals surface area contributed by atoms with E-state index in [1.165, 1.54) is 6.07 Å². The molecule has 3 aromatic rings. The van der Waals surface area contributed by atoms with Gasteiger partial charge in [-0.05, 0) is 74.7 Å². The highest BCUT2D eigenvalue weighted by molar-refractivity contribution is 6.31. The Morgan fingerprint density at radius 2 is 1.83 bits per heavy atom. The molecule has 0 bridgehead atoms. The van der Waals surface area contributed by atoms with Crippen LogP contribution in [0.5, 0.6) is 0 Å². The Bertz CT molecular complexity index is 1150. The van der Waals surface area contributed by atoms with Gasteiger partial charge < -0.3 is 9.73 Å². The van der Waals surface area contributed by atoms with Gasteiger partial charge in [0.2, 0.25) is 0 Å². The van der Waals surface area contributed by atoms with Gasteiger partial charge in [-0.2, -0.15) is 0 Å². The third-order valence-corrected chi connectivity index (χ3v) is 6.21. The molecule has 1 aliphatic heterocycles. The maximum Gasteiger partial charge on any atom is 0.287 e. The largest absolute Gasteiger partial charge is 0.451 e. The Labute approximate surface area is 180 Å². The molecule has 0 aliphatic carbocycles. The van der Waals surface area contributed by atoms with Crippen LogP contribution in [0.3, 0.4) is 0 Å². The summed E-state index contributed by atoms with van der Waals surface area (Å²) in [7, 11) is 0. The van der Waals surface area contributed by atoms with Crippen LogP contribution in [0.15, 0.2) is 51.7 Å². The van der Waals surface area contributed by atoms with Crippen molar-refractivity contribution >= 4 is 28.5 Å². The Kier molecular flexibility index (Phi) is 5.93. The van der Waals surface area contributed by atoms with Crippen LogP contribution in [0.25, 0.3) is 11.0 Å². The average Bonchev–Trinajstić information content (AvgIpc) is 3.25. The highest BCUT2D eigenvalue weighted by Gasteiger charge is 2.26. The van der Waals surface area contributed by atoms with E-state index in [0.29, 0.717) is 22.5 Å². The number of likely N-dealkylation sites (tertiary alicyclic amines) is 1. The van der Waals surface area contributed by atoms with E-state index in [0.717, 1.165) is 42.6 Å². The first-order valence-corrected chi connectivity index (χ1v) is 10.6. The summed E-state index contributed by atoms with van der Waals surface area (Å²) in [6.07, 6.45) is 2.26. The van der Waals surface area contributed by atoms with Crippen molar-refractivity contribution in [3.63, 3.8) is 0 Å². The highest BCUT2D eigenvalue weighted by atomic mass is 35.5. The molecule has 1 amide bonds. The first-order chi connectivity index (χ1) is 14.4. The first-order valence-electron chi connectivity index (χ1n) is 10.3. The van der Waals surface area contributed by atoms with Crippen LogP contribution >= 0.6 is 11.6 Å². The minimum absolute atomic E-state index is 0.0232. The number of nitrogens with one attached hydrogen (secondary N) is 1. The molecule has 2 aromatic carbocycles. The average molecular weight is 425 g/mol. The lowest BCUT2D eigenvalue weighted by molar-refractivity contribution is 0.0910. The Morgan fingerprint density at radius 3 is 2.57 bits per heavy atom. The van der Waals surface area contributed by atoms with Gasteiger partial charge in [0, 0.05) is 17.6 Å². The molecule has 6 heteroatoms. The van der Waals surface area contributed by atoms with Crippen molar-refractivity contribution in [1.82, 2.24) is 10.2 Å². The van der Waals surface area contributed by atoms with Crippen molar-refractivity contribution in [1.29, 1.82) is 0 Å². The highest BCUT2D eigenvalue weighted by Crippen LogP contribution is 2.29. The number of carbonyl (C=O) groups is 1. The van der Waals surface area contributed by atoms with E-state index in [-0.39, 0.29) is 17.2 Å². The van der Waals surface area contributed by atoms with Crippen molar-refractivity contribution in [2.45, 2.75) is 32.7 Å². The third-order valence-electron chi connectivity index (χ3n) is 5.87. The summed E-state index contributed by atoms with van der Waals surface area (Å²) in [5.74, 6) is -0.376. The van der Waals surface area contributed by atoms with E-state index in [2.05, 4.69) is 10.2 Å². The zero-order valence-corrected chi connectivity index (χ0v) is 18.0. The summed E-state index contributed by atoms with van der Waals surface area (Å²) in [4.78, 5) is 27.7. The monoisotopic (exact) mass is 424 g/mol. The Balaban J connectivity index is 1.58. The number of amides is 1. The van der Waals surface area contributed by atoms with Crippen LogP contribution in [0.4, 0.5) is 0 Å². The molecule has 0 saturated carbocycles. The molecule has 156 valence electrons. The van der Waals surface area contributed by atoms with Gasteiger partial charge in [-0.1, -0.05) is 29.8 Å². The lowest BCUT2D eigenvalue weighted by atomic mass is 10.1. The fourth-order valence-corrected chi connectivity index (χ4v) is 4.30. The zero-order valence-electron chi connectivity index (χ0n) is 17.2. The topological polar surface area (TPSA) is 62.6 Å². The Hall–Kier alpha value is -2.63. The molecular formula is C24H25ClN2O3. The number of nitrogens with zero attached hydrogens (tertiary/aromatic N) is 1. The van der Waals surface area contributed by atoms with Crippen LogP contribution in [-0.2, 0) is 0 Å². The summed E-state index contributed by atoms with van der Waals surface area (Å²) in [5, 5.41) is 4.12. The third kappa shape index (κ3) is 4.13. The standard InChI is InChI=1S/C24H25ClN2O3/c1-15-11-18-21(28)13-23(30-22(18)12-16(15)2)24(29)26-14-20(27-9-5-6-10-27)17-7-3-4-8-19(17)25/h3-4,7-8,11-13,20H,5-6,9-10,14H2,1-2H3,(H,26,29)/t20-/m0/s1. The van der Waals surface area contributed by atoms with Crippen molar-refractivity contribution in [3.05, 3.63) is 80.2 Å². The maximum atomic E-state index is 12.8. The summed E-state index contributed by atoms with van der Waals surface area (Å²) >= 11 is 6.44. The number of benzene rings is 2. The minimum Gasteiger partial charge on any atom is -0.451 e. The van der Waals surface area contributed by atoms with Gasteiger partial charge in [-0.15, -0.1) is 0 Å². The van der Waals surface area contributed by atoms with Crippen LogP contribution in [0.2, 0.25) is 5.02 Å². The summed E-state index contributed by atoms with van der Waals surface area (Å²) in [6, 6.07) is 12.6. The van der Waals surface area contributed by atoms with Gasteiger partial charge in [0.25, 0.3) is 5.91 Å². The summed E-state index contributed by atoms with van der Waals surface area (Å²) < 4.78 is 5.78. The molecule has 1 fully saturated rings. The quantitative estimate of drug-likeness (QED) is 0.648. The van der Waals surface area contributed by atoms with Gasteiger partial charge in [-0.25, -0.2) is 0 Å². The predicted molar refractivity (Wildman–Crippen MR) is 119 cm³/mol. The molecular weight excluding hydrogens is 400 g/mol. The van der Waals surface area contributed by atoms with Crippen molar-refractivity contribution in [2.24, 2.45) is 0 Å². The number of hydrogen-bond donors (Lipinski definition) is 1. The second-order valence-corrected chi connectivity index (χ2v) is 8.31. The first kappa shape index (κ1) is 20.6. The van der Waals surface area contributed by atoms with Gasteiger partial charge in [0.1, 0.15) is 5.58 Å². The fraction of sp³-hybridized carbons (Fsp3) is 0.333. The van der Waals surface area contributed by atoms with Crippen molar-refractivity contribution < 1.29 is 9.21 Å². The smallest absolute Gasteiger partial charge is 0.287 e. The van der Waals surface area contributed by atoms with Gasteiger partial charge in [-0.3, -0.25) is 14.5 Å². The van der Waals surface area contributed by atoms with E-state index in [1.807, 2.05) is 38.1 Å². The molecule has 5 nitrogen and oxygen atoms in total. The summed E-state index contributed by atoms with van der Waals surface area (Å²) in [6.45, 7) is 6.22. The molecule has 1 aromatic heterocycles. The number of fused-ring (bicyclic) bond motifs is 1. The maximum absolute atomic E-state index is 12.8. The van der Waals surface area contributed by atoms with Crippen LogP contribution in [0, 0.1) is 13.8 Å². The molecule has 2 heterocycles. The van der Waals surface area contributed by atoms with Gasteiger partial charge in [0.15, 0.2) is 11.2 Å². The molecule has 4 rings (SSSR count). The lowest BCUT2D eigenvalue weighted by Crippen LogP contribution is -2.37. The molecule has 0 radical (unpaired) electrons. The van der Waals surface area contributed by atoms with Gasteiger partial charge >= 0.3 is 0 Å². The number of carbonyl (C=O) groups excluding carboxylic acids is 1. The SMILES string of the molecule is Cc1cc2oc(C(=O)NC[C@@H](c3ccccc3Cl)N3CCCC3)cc(=O)c2cc1C. The van der Waals surface area contributed by atoms with E-state index in [1.54, 1.807) is 12.1 Å². The predicted octanol–water partition coefficient (Wildman–Crippen LogP) is 4.63. The molecule has 1 saturated heterocycles. The number of aryl methyl sites for hydroxylation is 2. The number of rotatable bonds is 5. The van der Waals surface area contributed by atoms with Gasteiger partial charge in [0.05, 0.1) is 11.4 Å². The normalized spacial score (nSPS) is 15.4. The fourth-order valence-electron chi connectivity index (χ4n) is 4.03. The minimum atomic E-state index is -0.400.